The number of anilines is 1. The summed E-state index contributed by atoms with van der Waals surface area (Å²) in [4.78, 5) is 19.6. The highest BCUT2D eigenvalue weighted by molar-refractivity contribution is 6.33. The maximum atomic E-state index is 11.8. The average Bonchev–Trinajstić information content (AvgIpc) is 2.75. The molecule has 0 aliphatic rings. The summed E-state index contributed by atoms with van der Waals surface area (Å²) in [6.45, 7) is 1.79. The van der Waals surface area contributed by atoms with E-state index in [1.165, 1.54) is 12.1 Å². The van der Waals surface area contributed by atoms with Gasteiger partial charge >= 0.3 is 0 Å². The quantitative estimate of drug-likeness (QED) is 0.857. The molecule has 2 aromatic heterocycles. The maximum Gasteiger partial charge on any atom is 0.271 e. The number of carbonyl (C=O) groups excluding carboxylic acids is 1. The van der Waals surface area contributed by atoms with Crippen LogP contribution in [0.5, 0.6) is 0 Å². The molecule has 0 radical (unpaired) electrons. The minimum atomic E-state index is -0.449. The molecule has 7 nitrogen and oxygen atoms in total. The Bertz CT molecular complexity index is 583. The Morgan fingerprint density at radius 1 is 1.50 bits per heavy atom. The third-order valence-electron chi connectivity index (χ3n) is 2.06. The van der Waals surface area contributed by atoms with E-state index < -0.39 is 5.91 Å². The van der Waals surface area contributed by atoms with Crippen LogP contribution in [0.25, 0.3) is 0 Å². The van der Waals surface area contributed by atoms with E-state index in [0.717, 1.165) is 0 Å². The normalized spacial score (nSPS) is 10.3. The molecule has 8 heteroatoms. The molecule has 0 aliphatic heterocycles. The molecule has 3 N–H and O–H groups in total. The van der Waals surface area contributed by atoms with Crippen molar-refractivity contribution in [2.24, 2.45) is 0 Å². The number of carbonyl (C=O) groups is 1. The van der Waals surface area contributed by atoms with E-state index in [1.807, 2.05) is 0 Å². The number of halogens is 1. The first-order valence-corrected chi connectivity index (χ1v) is 5.43. The van der Waals surface area contributed by atoms with Crippen molar-refractivity contribution in [3.05, 3.63) is 34.6 Å². The van der Waals surface area contributed by atoms with Gasteiger partial charge in [0.2, 0.25) is 5.89 Å². The van der Waals surface area contributed by atoms with E-state index in [2.05, 4.69) is 20.4 Å². The van der Waals surface area contributed by atoms with Gasteiger partial charge in [-0.2, -0.15) is 4.98 Å². The van der Waals surface area contributed by atoms with E-state index in [-0.39, 0.29) is 23.1 Å². The van der Waals surface area contributed by atoms with E-state index >= 15 is 0 Å². The van der Waals surface area contributed by atoms with Crippen molar-refractivity contribution in [2.75, 3.05) is 5.73 Å². The van der Waals surface area contributed by atoms with Gasteiger partial charge in [-0.05, 0) is 12.1 Å². The Labute approximate surface area is 107 Å². The molecular weight excluding hydrogens is 258 g/mol. The van der Waals surface area contributed by atoms with E-state index in [9.17, 15) is 4.79 Å². The number of rotatable bonds is 3. The average molecular weight is 268 g/mol. The predicted octanol–water partition coefficient (Wildman–Crippen LogP) is 0.939. The summed E-state index contributed by atoms with van der Waals surface area (Å²) in [6, 6.07) is 3.03. The van der Waals surface area contributed by atoms with Crippen LogP contribution >= 0.6 is 11.6 Å². The van der Waals surface area contributed by atoms with Crippen molar-refractivity contribution < 1.29 is 9.32 Å². The molecule has 18 heavy (non-hydrogen) atoms. The second-order valence-electron chi connectivity index (χ2n) is 3.48. The molecular formula is C10H10ClN5O2. The molecule has 0 spiro atoms. The van der Waals surface area contributed by atoms with Crippen LogP contribution in [0, 0.1) is 6.92 Å². The smallest absolute Gasteiger partial charge is 0.271 e. The highest BCUT2D eigenvalue weighted by atomic mass is 35.5. The largest absolute Gasteiger partial charge is 0.384 e. The topological polar surface area (TPSA) is 107 Å². The summed E-state index contributed by atoms with van der Waals surface area (Å²) in [5, 5.41) is 6.44. The number of aromatic nitrogens is 3. The lowest BCUT2D eigenvalue weighted by Crippen LogP contribution is -2.25. The first-order valence-electron chi connectivity index (χ1n) is 5.05. The van der Waals surface area contributed by atoms with Crippen LogP contribution in [0.15, 0.2) is 16.7 Å². The lowest BCUT2D eigenvalue weighted by Gasteiger charge is -2.04. The number of hydrogen-bond acceptors (Lipinski definition) is 6. The first-order chi connectivity index (χ1) is 8.56. The molecule has 0 aliphatic carbocycles. The van der Waals surface area contributed by atoms with Crippen LogP contribution in [-0.2, 0) is 6.54 Å². The van der Waals surface area contributed by atoms with Crippen LogP contribution in [-0.4, -0.2) is 21.0 Å². The third kappa shape index (κ3) is 2.75. The summed E-state index contributed by atoms with van der Waals surface area (Å²) in [6.07, 6.45) is 0. The molecule has 1 amide bonds. The van der Waals surface area contributed by atoms with Gasteiger partial charge < -0.3 is 15.6 Å². The van der Waals surface area contributed by atoms with Crippen LogP contribution in [0.2, 0.25) is 5.02 Å². The van der Waals surface area contributed by atoms with Crippen molar-refractivity contribution in [2.45, 2.75) is 13.5 Å². The van der Waals surface area contributed by atoms with Crippen molar-refractivity contribution in [1.29, 1.82) is 0 Å². The Kier molecular flexibility index (Phi) is 3.42. The molecule has 0 fully saturated rings. The molecule has 2 heterocycles. The molecule has 0 aromatic carbocycles. The number of aryl methyl sites for hydroxylation is 1. The van der Waals surface area contributed by atoms with E-state index in [4.69, 9.17) is 21.9 Å². The number of nitrogens with zero attached hydrogens (tertiary/aromatic N) is 3. The van der Waals surface area contributed by atoms with Crippen LogP contribution in [0.4, 0.5) is 5.82 Å². The molecule has 0 bridgehead atoms. The Morgan fingerprint density at radius 2 is 2.28 bits per heavy atom. The standard InChI is InChI=1S/C10H10ClN5O2/c1-5-14-8(16-18-5)4-13-10(17)9-6(11)2-3-7(12)15-9/h2-3H,4H2,1H3,(H2,12,15)(H,13,17). The van der Waals surface area contributed by atoms with Gasteiger partial charge in [-0.25, -0.2) is 4.98 Å². The summed E-state index contributed by atoms with van der Waals surface area (Å²) in [5.41, 5.74) is 5.55. The number of nitrogens with one attached hydrogen (secondary N) is 1. The van der Waals surface area contributed by atoms with Crippen LogP contribution < -0.4 is 11.1 Å². The summed E-state index contributed by atoms with van der Waals surface area (Å²) >= 11 is 5.85. The molecule has 0 saturated heterocycles. The molecule has 2 rings (SSSR count). The number of nitrogens with two attached hydrogens (primary N) is 1. The minimum absolute atomic E-state index is 0.0666. The summed E-state index contributed by atoms with van der Waals surface area (Å²) in [5.74, 6) is 0.579. The number of hydrogen-bond donors (Lipinski definition) is 2. The van der Waals surface area contributed by atoms with Gasteiger partial charge in [0.05, 0.1) is 11.6 Å². The zero-order valence-electron chi connectivity index (χ0n) is 9.48. The Morgan fingerprint density at radius 3 is 2.94 bits per heavy atom. The van der Waals surface area contributed by atoms with Gasteiger partial charge in [-0.3, -0.25) is 4.79 Å². The fraction of sp³-hybridized carbons (Fsp3) is 0.200. The summed E-state index contributed by atoms with van der Waals surface area (Å²) < 4.78 is 4.77. The SMILES string of the molecule is Cc1nc(CNC(=O)c2nc(N)ccc2Cl)no1. The monoisotopic (exact) mass is 267 g/mol. The van der Waals surface area contributed by atoms with Crippen LogP contribution in [0.1, 0.15) is 22.2 Å². The second kappa shape index (κ2) is 5.01. The minimum Gasteiger partial charge on any atom is -0.384 e. The lowest BCUT2D eigenvalue weighted by atomic mass is 10.3. The predicted molar refractivity (Wildman–Crippen MR) is 63.9 cm³/mol. The van der Waals surface area contributed by atoms with Gasteiger partial charge in [0, 0.05) is 6.92 Å². The zero-order valence-corrected chi connectivity index (χ0v) is 10.2. The van der Waals surface area contributed by atoms with E-state index in [1.54, 1.807) is 6.92 Å². The molecule has 0 atom stereocenters. The Hall–Kier alpha value is -2.15. The highest BCUT2D eigenvalue weighted by Gasteiger charge is 2.13. The van der Waals surface area contributed by atoms with Gasteiger partial charge in [0.25, 0.3) is 5.91 Å². The van der Waals surface area contributed by atoms with Gasteiger partial charge in [-0.15, -0.1) is 0 Å². The summed E-state index contributed by atoms with van der Waals surface area (Å²) in [7, 11) is 0. The van der Waals surface area contributed by atoms with Crippen LogP contribution in [0.3, 0.4) is 0 Å². The maximum absolute atomic E-state index is 11.8. The Balaban J connectivity index is 2.05. The molecule has 2 aromatic rings. The highest BCUT2D eigenvalue weighted by Crippen LogP contribution is 2.14. The number of pyridine rings is 1. The molecule has 0 saturated carbocycles. The van der Waals surface area contributed by atoms with E-state index in [0.29, 0.717) is 11.7 Å². The second-order valence-corrected chi connectivity index (χ2v) is 3.89. The molecule has 94 valence electrons. The van der Waals surface area contributed by atoms with Crippen molar-refractivity contribution in [3.8, 4) is 0 Å². The first kappa shape index (κ1) is 12.3. The third-order valence-corrected chi connectivity index (χ3v) is 2.36. The van der Waals surface area contributed by atoms with Gasteiger partial charge in [0.15, 0.2) is 5.82 Å². The number of amides is 1. The van der Waals surface area contributed by atoms with Crippen molar-refractivity contribution in [1.82, 2.24) is 20.4 Å². The zero-order chi connectivity index (χ0) is 13.1. The molecule has 0 unspecified atom stereocenters. The number of nitrogen functional groups attached to an aromatic ring is 1. The lowest BCUT2D eigenvalue weighted by molar-refractivity contribution is 0.0945. The fourth-order valence-corrected chi connectivity index (χ4v) is 1.46. The van der Waals surface area contributed by atoms with Gasteiger partial charge in [0.1, 0.15) is 11.5 Å². The fourth-order valence-electron chi connectivity index (χ4n) is 1.27. The van der Waals surface area contributed by atoms with Crippen molar-refractivity contribution in [3.63, 3.8) is 0 Å². The van der Waals surface area contributed by atoms with Crippen molar-refractivity contribution >= 4 is 23.3 Å². The van der Waals surface area contributed by atoms with Gasteiger partial charge in [-0.1, -0.05) is 16.8 Å².